The zero-order chi connectivity index (χ0) is 27.5. The maximum atomic E-state index is 13.7. The van der Waals surface area contributed by atoms with Gasteiger partial charge in [-0.1, -0.05) is 25.5 Å². The van der Waals surface area contributed by atoms with Gasteiger partial charge in [0.05, 0.1) is 13.2 Å². The first-order valence-corrected chi connectivity index (χ1v) is 14.1. The highest BCUT2D eigenvalue weighted by molar-refractivity contribution is 7.09. The first kappa shape index (κ1) is 28.4. The highest BCUT2D eigenvalue weighted by Crippen LogP contribution is 2.33. The van der Waals surface area contributed by atoms with Crippen LogP contribution in [0.3, 0.4) is 0 Å². The van der Waals surface area contributed by atoms with Crippen molar-refractivity contribution in [1.82, 2.24) is 9.80 Å². The summed E-state index contributed by atoms with van der Waals surface area (Å²) in [5, 5.41) is 1.99. The lowest BCUT2D eigenvalue weighted by atomic mass is 10.1. The van der Waals surface area contributed by atoms with Crippen LogP contribution in [0.2, 0.25) is 0 Å². The topological polar surface area (TPSA) is 77.5 Å². The van der Waals surface area contributed by atoms with E-state index >= 15 is 0 Å². The second-order valence-corrected chi connectivity index (χ2v) is 10.3. The summed E-state index contributed by atoms with van der Waals surface area (Å²) in [4.78, 5) is 31.7. The molecule has 0 unspecified atom stereocenters. The predicted molar refractivity (Wildman–Crippen MR) is 150 cm³/mol. The second-order valence-electron chi connectivity index (χ2n) is 9.32. The molecule has 8 nitrogen and oxygen atoms in total. The molecule has 0 fully saturated rings. The summed E-state index contributed by atoms with van der Waals surface area (Å²) < 4.78 is 21.9. The van der Waals surface area contributed by atoms with E-state index in [1.807, 2.05) is 35.7 Å². The number of unbranched alkanes of at least 4 members (excludes halogenated alkanes) is 1. The number of carbonyl (C=O) groups excluding carboxylic acids is 2. The third-order valence-corrected chi connectivity index (χ3v) is 7.21. The van der Waals surface area contributed by atoms with Gasteiger partial charge in [0.2, 0.25) is 12.7 Å². The Labute approximate surface area is 234 Å². The lowest BCUT2D eigenvalue weighted by Crippen LogP contribution is -2.43. The Morgan fingerprint density at radius 1 is 0.949 bits per heavy atom. The third-order valence-electron chi connectivity index (χ3n) is 6.35. The summed E-state index contributed by atoms with van der Waals surface area (Å²) in [6, 6.07) is 16.8. The summed E-state index contributed by atoms with van der Waals surface area (Å²) in [6.07, 6.45) is 2.66. The number of nitrogens with zero attached hydrogens (tertiary/aromatic N) is 2. The summed E-state index contributed by atoms with van der Waals surface area (Å²) in [6.45, 7) is 4.66. The molecule has 3 aromatic rings. The van der Waals surface area contributed by atoms with Gasteiger partial charge >= 0.3 is 0 Å². The SMILES string of the molecule is CCCCOc1ccc(C(=O)N(CCCOC)CC(=O)N(Cc2ccc3c(c2)OCO3)Cc2cccs2)cc1. The minimum atomic E-state index is -0.196. The molecule has 0 saturated carbocycles. The largest absolute Gasteiger partial charge is 0.494 e. The number of methoxy groups -OCH3 is 1. The van der Waals surface area contributed by atoms with E-state index in [9.17, 15) is 9.59 Å². The second kappa shape index (κ2) is 14.6. The number of hydrogen-bond donors (Lipinski definition) is 0. The standard InChI is InChI=1S/C30H36N2O6S/c1-3-4-16-36-25-11-9-24(10-12-25)30(34)31(14-6-15-35-2)21-29(33)32(20-26-7-5-17-39-26)19-23-8-13-27-28(18-23)38-22-37-27/h5,7-13,17-18H,3-4,6,14-16,19-22H2,1-2H3. The maximum absolute atomic E-state index is 13.7. The van der Waals surface area contributed by atoms with Crippen molar-refractivity contribution in [3.63, 3.8) is 0 Å². The molecule has 0 aliphatic carbocycles. The molecule has 1 aliphatic heterocycles. The van der Waals surface area contributed by atoms with Gasteiger partial charge in [0.1, 0.15) is 12.3 Å². The Hall–Kier alpha value is -3.56. The molecule has 1 aromatic heterocycles. The Kier molecular flexibility index (Phi) is 10.6. The van der Waals surface area contributed by atoms with Crippen molar-refractivity contribution in [1.29, 1.82) is 0 Å². The molecule has 1 aliphatic rings. The summed E-state index contributed by atoms with van der Waals surface area (Å²) in [5.74, 6) is 1.78. The molecule has 0 atom stereocenters. The van der Waals surface area contributed by atoms with Crippen molar-refractivity contribution in [2.75, 3.05) is 40.2 Å². The normalized spacial score (nSPS) is 11.8. The van der Waals surface area contributed by atoms with Crippen LogP contribution in [0.5, 0.6) is 17.2 Å². The number of hydrogen-bond acceptors (Lipinski definition) is 7. The van der Waals surface area contributed by atoms with Crippen molar-refractivity contribution in [2.24, 2.45) is 0 Å². The van der Waals surface area contributed by atoms with Crippen LogP contribution in [0.25, 0.3) is 0 Å². The van der Waals surface area contributed by atoms with Crippen molar-refractivity contribution in [3.05, 3.63) is 76.0 Å². The number of thiophene rings is 1. The van der Waals surface area contributed by atoms with E-state index in [0.717, 1.165) is 29.0 Å². The van der Waals surface area contributed by atoms with Crippen LogP contribution in [0.15, 0.2) is 60.0 Å². The Morgan fingerprint density at radius 3 is 2.51 bits per heavy atom. The van der Waals surface area contributed by atoms with Crippen molar-refractivity contribution < 1.29 is 28.5 Å². The molecule has 0 radical (unpaired) electrons. The van der Waals surface area contributed by atoms with Gasteiger partial charge in [-0.2, -0.15) is 0 Å². The van der Waals surface area contributed by atoms with Gasteiger partial charge in [-0.15, -0.1) is 11.3 Å². The smallest absolute Gasteiger partial charge is 0.254 e. The molecule has 4 rings (SSSR count). The summed E-state index contributed by atoms with van der Waals surface area (Å²) in [7, 11) is 1.63. The van der Waals surface area contributed by atoms with Crippen LogP contribution >= 0.6 is 11.3 Å². The number of ether oxygens (including phenoxy) is 4. The van der Waals surface area contributed by atoms with Crippen LogP contribution in [0.1, 0.15) is 47.0 Å². The van der Waals surface area contributed by atoms with Gasteiger partial charge in [-0.25, -0.2) is 0 Å². The molecule has 208 valence electrons. The molecule has 0 bridgehead atoms. The van der Waals surface area contributed by atoms with E-state index in [1.165, 1.54) is 0 Å². The highest BCUT2D eigenvalue weighted by atomic mass is 32.1. The average Bonchev–Trinajstić information content (AvgIpc) is 3.64. The van der Waals surface area contributed by atoms with E-state index in [4.69, 9.17) is 18.9 Å². The molecule has 2 aromatic carbocycles. The molecule has 39 heavy (non-hydrogen) atoms. The van der Waals surface area contributed by atoms with Gasteiger partial charge in [-0.05, 0) is 66.2 Å². The molecule has 0 N–H and O–H groups in total. The first-order chi connectivity index (χ1) is 19.1. The van der Waals surface area contributed by atoms with Crippen molar-refractivity contribution in [2.45, 2.75) is 39.3 Å². The number of benzene rings is 2. The van der Waals surface area contributed by atoms with Gasteiger partial charge in [0.15, 0.2) is 11.5 Å². The van der Waals surface area contributed by atoms with Gasteiger partial charge in [0.25, 0.3) is 5.91 Å². The monoisotopic (exact) mass is 552 g/mol. The Balaban J connectivity index is 1.48. The molecule has 2 heterocycles. The van der Waals surface area contributed by atoms with Crippen LogP contribution < -0.4 is 14.2 Å². The number of rotatable bonds is 15. The lowest BCUT2D eigenvalue weighted by molar-refractivity contribution is -0.133. The van der Waals surface area contributed by atoms with Crippen LogP contribution in [-0.4, -0.2) is 61.8 Å². The quantitative estimate of drug-likeness (QED) is 0.236. The summed E-state index contributed by atoms with van der Waals surface area (Å²) >= 11 is 1.60. The maximum Gasteiger partial charge on any atom is 0.254 e. The number of amides is 2. The fourth-order valence-corrected chi connectivity index (χ4v) is 4.93. The minimum Gasteiger partial charge on any atom is -0.494 e. The van der Waals surface area contributed by atoms with Gasteiger partial charge in [-0.3, -0.25) is 9.59 Å². The fourth-order valence-electron chi connectivity index (χ4n) is 4.21. The molecule has 0 spiro atoms. The number of carbonyl (C=O) groups is 2. The zero-order valence-electron chi connectivity index (χ0n) is 22.6. The van der Waals surface area contributed by atoms with E-state index < -0.39 is 0 Å². The molecular formula is C30H36N2O6S. The average molecular weight is 553 g/mol. The molecular weight excluding hydrogens is 516 g/mol. The predicted octanol–water partition coefficient (Wildman–Crippen LogP) is 5.36. The molecule has 9 heteroatoms. The third kappa shape index (κ3) is 8.21. The van der Waals surface area contributed by atoms with Crippen molar-refractivity contribution in [3.8, 4) is 17.2 Å². The Morgan fingerprint density at radius 2 is 1.77 bits per heavy atom. The molecule has 0 saturated heterocycles. The first-order valence-electron chi connectivity index (χ1n) is 13.3. The van der Waals surface area contributed by atoms with Crippen LogP contribution in [0, 0.1) is 0 Å². The van der Waals surface area contributed by atoms with E-state index in [0.29, 0.717) is 56.3 Å². The summed E-state index contributed by atoms with van der Waals surface area (Å²) in [5.41, 5.74) is 1.45. The van der Waals surface area contributed by atoms with Crippen LogP contribution in [-0.2, 0) is 22.6 Å². The van der Waals surface area contributed by atoms with Gasteiger partial charge < -0.3 is 28.7 Å². The van der Waals surface area contributed by atoms with E-state index in [1.54, 1.807) is 52.5 Å². The van der Waals surface area contributed by atoms with Crippen LogP contribution in [0.4, 0.5) is 0 Å². The van der Waals surface area contributed by atoms with Gasteiger partial charge in [0, 0.05) is 37.2 Å². The highest BCUT2D eigenvalue weighted by Gasteiger charge is 2.24. The van der Waals surface area contributed by atoms with E-state index in [2.05, 4.69) is 6.92 Å². The zero-order valence-corrected chi connectivity index (χ0v) is 23.4. The molecule has 2 amide bonds. The Bertz CT molecular complexity index is 1200. The van der Waals surface area contributed by atoms with Crippen molar-refractivity contribution >= 4 is 23.2 Å². The number of fused-ring (bicyclic) bond motifs is 1. The fraction of sp³-hybridized carbons (Fsp3) is 0.400. The minimum absolute atomic E-state index is 0.0345. The van der Waals surface area contributed by atoms with E-state index in [-0.39, 0.29) is 25.2 Å². The lowest BCUT2D eigenvalue weighted by Gasteiger charge is -2.28.